The highest BCUT2D eigenvalue weighted by Gasteiger charge is 2.40. The second-order valence-electron chi connectivity index (χ2n) is 6.73. The summed E-state index contributed by atoms with van der Waals surface area (Å²) in [6.45, 7) is 2.97. The number of hydrogen-bond acceptors (Lipinski definition) is 6. The standard InChI is InChI=1S/C20H19ClN2O4S/c1-2-27-17(24)10-22-8-7-14-15(21)11-28-18(14)16(22)9-23-19(25)12-5-3-4-6-13(12)20(23)26/h3-6,11,16H,2,7-10H2,1H3. The number of ether oxygens (including phenoxy) is 1. The van der Waals surface area contributed by atoms with Gasteiger partial charge in [-0.25, -0.2) is 0 Å². The number of imide groups is 1. The zero-order chi connectivity index (χ0) is 19.8. The van der Waals surface area contributed by atoms with Crippen molar-refractivity contribution in [2.75, 3.05) is 26.2 Å². The van der Waals surface area contributed by atoms with Crippen LogP contribution in [0.2, 0.25) is 5.02 Å². The molecule has 146 valence electrons. The smallest absolute Gasteiger partial charge is 0.320 e. The number of carbonyl (C=O) groups excluding carboxylic acids is 3. The van der Waals surface area contributed by atoms with E-state index in [1.54, 1.807) is 31.2 Å². The Labute approximate surface area is 171 Å². The summed E-state index contributed by atoms with van der Waals surface area (Å²) in [6, 6.07) is 6.55. The summed E-state index contributed by atoms with van der Waals surface area (Å²) in [5.41, 5.74) is 1.88. The Balaban J connectivity index is 1.64. The molecule has 28 heavy (non-hydrogen) atoms. The van der Waals surface area contributed by atoms with Gasteiger partial charge in [0.2, 0.25) is 0 Å². The molecule has 3 heterocycles. The second-order valence-corrected chi connectivity index (χ2v) is 8.05. The SMILES string of the molecule is CCOC(=O)CN1CCc2c(Cl)csc2C1CN1C(=O)c2ccccc2C1=O. The largest absolute Gasteiger partial charge is 0.465 e. The minimum atomic E-state index is -0.319. The molecule has 0 bridgehead atoms. The number of fused-ring (bicyclic) bond motifs is 2. The molecule has 2 aromatic rings. The van der Waals surface area contributed by atoms with Crippen molar-refractivity contribution in [2.24, 2.45) is 0 Å². The fraction of sp³-hybridized carbons (Fsp3) is 0.350. The van der Waals surface area contributed by atoms with E-state index >= 15 is 0 Å². The summed E-state index contributed by atoms with van der Waals surface area (Å²) in [5, 5.41) is 2.57. The molecule has 2 aliphatic heterocycles. The topological polar surface area (TPSA) is 66.9 Å². The van der Waals surface area contributed by atoms with Gasteiger partial charge in [-0.05, 0) is 31.0 Å². The molecule has 0 aliphatic carbocycles. The number of carbonyl (C=O) groups is 3. The van der Waals surface area contributed by atoms with E-state index < -0.39 is 0 Å². The monoisotopic (exact) mass is 418 g/mol. The first-order valence-electron chi connectivity index (χ1n) is 9.12. The third-order valence-electron chi connectivity index (χ3n) is 5.14. The molecule has 0 fully saturated rings. The minimum absolute atomic E-state index is 0.108. The predicted octanol–water partition coefficient (Wildman–Crippen LogP) is 3.16. The van der Waals surface area contributed by atoms with E-state index in [1.807, 2.05) is 10.3 Å². The molecule has 0 spiro atoms. The number of nitrogens with zero attached hydrogens (tertiary/aromatic N) is 2. The molecule has 8 heteroatoms. The van der Waals surface area contributed by atoms with E-state index in [0.29, 0.717) is 29.3 Å². The summed E-state index contributed by atoms with van der Waals surface area (Å²) >= 11 is 7.82. The highest BCUT2D eigenvalue weighted by Crippen LogP contribution is 2.40. The van der Waals surface area contributed by atoms with Gasteiger partial charge >= 0.3 is 5.97 Å². The summed E-state index contributed by atoms with van der Waals surface area (Å²) in [6.07, 6.45) is 0.718. The van der Waals surface area contributed by atoms with Gasteiger partial charge in [0.05, 0.1) is 35.3 Å². The zero-order valence-electron chi connectivity index (χ0n) is 15.3. The van der Waals surface area contributed by atoms with E-state index in [-0.39, 0.29) is 36.9 Å². The lowest BCUT2D eigenvalue weighted by Crippen LogP contribution is -2.45. The maximum Gasteiger partial charge on any atom is 0.320 e. The van der Waals surface area contributed by atoms with Crippen molar-refractivity contribution in [1.82, 2.24) is 9.80 Å². The van der Waals surface area contributed by atoms with Crippen molar-refractivity contribution in [3.8, 4) is 0 Å². The van der Waals surface area contributed by atoms with E-state index in [9.17, 15) is 14.4 Å². The average molecular weight is 419 g/mol. The van der Waals surface area contributed by atoms with Gasteiger partial charge in [0.1, 0.15) is 0 Å². The van der Waals surface area contributed by atoms with Gasteiger partial charge in [0, 0.05) is 23.3 Å². The number of halogens is 1. The summed E-state index contributed by atoms with van der Waals surface area (Å²) in [4.78, 5) is 41.9. The van der Waals surface area contributed by atoms with Crippen LogP contribution in [-0.4, -0.2) is 53.8 Å². The molecule has 2 amide bonds. The van der Waals surface area contributed by atoms with Gasteiger partial charge in [-0.15, -0.1) is 11.3 Å². The molecule has 1 aromatic carbocycles. The first-order valence-corrected chi connectivity index (χ1v) is 10.4. The Morgan fingerprint density at radius 2 is 1.93 bits per heavy atom. The Morgan fingerprint density at radius 3 is 2.57 bits per heavy atom. The maximum atomic E-state index is 12.8. The Morgan fingerprint density at radius 1 is 1.25 bits per heavy atom. The fourth-order valence-corrected chi connectivity index (χ4v) is 5.31. The van der Waals surface area contributed by atoms with Crippen molar-refractivity contribution in [3.63, 3.8) is 0 Å². The number of rotatable bonds is 5. The molecule has 2 aliphatic rings. The zero-order valence-corrected chi connectivity index (χ0v) is 16.9. The maximum absolute atomic E-state index is 12.8. The summed E-state index contributed by atoms with van der Waals surface area (Å²) in [7, 11) is 0. The second kappa shape index (κ2) is 7.66. The molecule has 1 unspecified atom stereocenters. The fourth-order valence-electron chi connectivity index (χ4n) is 3.81. The molecule has 0 N–H and O–H groups in total. The Hall–Kier alpha value is -2.22. The van der Waals surface area contributed by atoms with E-state index in [4.69, 9.17) is 16.3 Å². The normalized spacial score (nSPS) is 18.9. The first-order chi connectivity index (χ1) is 13.5. The van der Waals surface area contributed by atoms with Crippen LogP contribution in [0, 0.1) is 0 Å². The molecular formula is C20H19ClN2O4S. The molecule has 1 aromatic heterocycles. The van der Waals surface area contributed by atoms with Gasteiger partial charge in [0.25, 0.3) is 11.8 Å². The van der Waals surface area contributed by atoms with Crippen molar-refractivity contribution in [3.05, 3.63) is 56.2 Å². The van der Waals surface area contributed by atoms with Crippen LogP contribution in [-0.2, 0) is 16.0 Å². The van der Waals surface area contributed by atoms with Crippen LogP contribution in [0.3, 0.4) is 0 Å². The summed E-state index contributed by atoms with van der Waals surface area (Å²) in [5.74, 6) is -0.918. The van der Waals surface area contributed by atoms with Crippen molar-refractivity contribution >= 4 is 40.7 Å². The van der Waals surface area contributed by atoms with Crippen molar-refractivity contribution < 1.29 is 19.1 Å². The van der Waals surface area contributed by atoms with Gasteiger partial charge < -0.3 is 4.74 Å². The van der Waals surface area contributed by atoms with Crippen LogP contribution in [0.1, 0.15) is 44.1 Å². The van der Waals surface area contributed by atoms with Crippen LogP contribution in [0.15, 0.2) is 29.6 Å². The van der Waals surface area contributed by atoms with Gasteiger partial charge in [-0.2, -0.15) is 0 Å². The highest BCUT2D eigenvalue weighted by atomic mass is 35.5. The van der Waals surface area contributed by atoms with Crippen molar-refractivity contribution in [2.45, 2.75) is 19.4 Å². The lowest BCUT2D eigenvalue weighted by Gasteiger charge is -2.36. The number of esters is 1. The molecule has 0 radical (unpaired) electrons. The van der Waals surface area contributed by atoms with Crippen LogP contribution in [0.25, 0.3) is 0 Å². The highest BCUT2D eigenvalue weighted by molar-refractivity contribution is 7.10. The number of hydrogen-bond donors (Lipinski definition) is 0. The Bertz CT molecular complexity index is 922. The van der Waals surface area contributed by atoms with Gasteiger partial charge in [-0.3, -0.25) is 24.2 Å². The van der Waals surface area contributed by atoms with E-state index in [2.05, 4.69) is 0 Å². The van der Waals surface area contributed by atoms with Gasteiger partial charge in [0.15, 0.2) is 0 Å². The molecule has 6 nitrogen and oxygen atoms in total. The van der Waals surface area contributed by atoms with Crippen LogP contribution < -0.4 is 0 Å². The number of amides is 2. The van der Waals surface area contributed by atoms with E-state index in [0.717, 1.165) is 16.9 Å². The summed E-state index contributed by atoms with van der Waals surface area (Å²) < 4.78 is 5.10. The van der Waals surface area contributed by atoms with Crippen LogP contribution in [0.4, 0.5) is 0 Å². The van der Waals surface area contributed by atoms with Crippen molar-refractivity contribution in [1.29, 1.82) is 0 Å². The van der Waals surface area contributed by atoms with E-state index in [1.165, 1.54) is 16.2 Å². The molecule has 4 rings (SSSR count). The molecule has 0 saturated carbocycles. The average Bonchev–Trinajstić information content (AvgIpc) is 3.17. The predicted molar refractivity (Wildman–Crippen MR) is 106 cm³/mol. The third-order valence-corrected chi connectivity index (χ3v) is 6.73. The Kier molecular flexibility index (Phi) is 5.23. The molecule has 1 atom stereocenters. The van der Waals surface area contributed by atoms with Crippen LogP contribution >= 0.6 is 22.9 Å². The molecular weight excluding hydrogens is 400 g/mol. The lowest BCUT2D eigenvalue weighted by molar-refractivity contribution is -0.145. The number of benzene rings is 1. The van der Waals surface area contributed by atoms with Crippen LogP contribution in [0.5, 0.6) is 0 Å². The third kappa shape index (κ3) is 3.23. The molecule has 0 saturated heterocycles. The van der Waals surface area contributed by atoms with Gasteiger partial charge in [-0.1, -0.05) is 23.7 Å². The lowest BCUT2D eigenvalue weighted by atomic mass is 10.0. The first kappa shape index (κ1) is 19.1. The quantitative estimate of drug-likeness (QED) is 0.551. The minimum Gasteiger partial charge on any atom is -0.465 e. The number of thiophene rings is 1.